The van der Waals surface area contributed by atoms with Crippen molar-refractivity contribution in [1.29, 1.82) is 0 Å². The molecule has 0 saturated heterocycles. The zero-order chi connectivity index (χ0) is 15.5. The summed E-state index contributed by atoms with van der Waals surface area (Å²) in [7, 11) is 0. The van der Waals surface area contributed by atoms with Crippen LogP contribution in [0.25, 0.3) is 11.1 Å². The van der Waals surface area contributed by atoms with E-state index in [-0.39, 0.29) is 5.41 Å². The quantitative estimate of drug-likeness (QED) is 0.795. The Morgan fingerprint density at radius 2 is 1.57 bits per heavy atom. The number of hydrogen-bond donors (Lipinski definition) is 1. The predicted molar refractivity (Wildman–Crippen MR) is 93.0 cm³/mol. The molecule has 2 heteroatoms. The van der Waals surface area contributed by atoms with Crippen LogP contribution in [0.1, 0.15) is 38.8 Å². The average Bonchev–Trinajstić information content (AvgIpc) is 2.45. The molecule has 0 atom stereocenters. The maximum absolute atomic E-state index is 6.38. The molecule has 21 heavy (non-hydrogen) atoms. The van der Waals surface area contributed by atoms with Crippen LogP contribution in [0.5, 0.6) is 0 Å². The van der Waals surface area contributed by atoms with Gasteiger partial charge in [0, 0.05) is 11.6 Å². The van der Waals surface area contributed by atoms with Gasteiger partial charge in [-0.25, -0.2) is 0 Å². The van der Waals surface area contributed by atoms with Crippen LogP contribution in [0, 0.1) is 0 Å². The van der Waals surface area contributed by atoms with Crippen molar-refractivity contribution < 1.29 is 0 Å². The Morgan fingerprint density at radius 1 is 0.952 bits per heavy atom. The fourth-order valence-corrected chi connectivity index (χ4v) is 2.54. The highest BCUT2D eigenvalue weighted by Gasteiger charge is 2.13. The maximum atomic E-state index is 6.38. The van der Waals surface area contributed by atoms with E-state index in [9.17, 15) is 0 Å². The molecule has 0 aromatic heterocycles. The lowest BCUT2D eigenvalue weighted by molar-refractivity contribution is 0.590. The molecule has 0 heterocycles. The highest BCUT2D eigenvalue weighted by molar-refractivity contribution is 6.31. The van der Waals surface area contributed by atoms with Gasteiger partial charge in [0.15, 0.2) is 0 Å². The molecule has 0 aliphatic heterocycles. The summed E-state index contributed by atoms with van der Waals surface area (Å²) >= 11 is 6.38. The van der Waals surface area contributed by atoms with Gasteiger partial charge in [0.05, 0.1) is 0 Å². The Hall–Kier alpha value is -1.31. The zero-order valence-corrected chi connectivity index (χ0v) is 14.1. The smallest absolute Gasteiger partial charge is 0.0457 e. The maximum Gasteiger partial charge on any atom is 0.0457 e. The Bertz CT molecular complexity index is 594. The van der Waals surface area contributed by atoms with Gasteiger partial charge >= 0.3 is 0 Å². The summed E-state index contributed by atoms with van der Waals surface area (Å²) in [5.41, 5.74) is 5.06. The second-order valence-corrected chi connectivity index (χ2v) is 6.82. The predicted octanol–water partition coefficient (Wildman–Crippen LogP) is 5.41. The van der Waals surface area contributed by atoms with Gasteiger partial charge in [-0.15, -0.1) is 0 Å². The molecule has 0 saturated carbocycles. The largest absolute Gasteiger partial charge is 0.313 e. The van der Waals surface area contributed by atoms with E-state index in [1.54, 1.807) is 0 Å². The molecular formula is C19H24ClN. The third-order valence-corrected chi connectivity index (χ3v) is 4.05. The first kappa shape index (κ1) is 16.1. The minimum atomic E-state index is 0.186. The normalized spacial score (nSPS) is 11.7. The zero-order valence-electron chi connectivity index (χ0n) is 13.3. The van der Waals surface area contributed by atoms with E-state index in [1.165, 1.54) is 16.7 Å². The van der Waals surface area contributed by atoms with Crippen LogP contribution in [-0.4, -0.2) is 6.54 Å². The van der Waals surface area contributed by atoms with Gasteiger partial charge in [-0.2, -0.15) is 0 Å². The van der Waals surface area contributed by atoms with Crippen molar-refractivity contribution in [3.8, 4) is 11.1 Å². The summed E-state index contributed by atoms with van der Waals surface area (Å²) in [6.07, 6.45) is 0. The number of nitrogens with one attached hydrogen (secondary N) is 1. The van der Waals surface area contributed by atoms with E-state index < -0.39 is 0 Å². The SMILES string of the molecule is CCNCc1ccc(-c2ccc(C(C)(C)C)cc2)cc1Cl. The molecule has 112 valence electrons. The molecule has 0 aliphatic rings. The lowest BCUT2D eigenvalue weighted by Crippen LogP contribution is -2.12. The summed E-state index contributed by atoms with van der Waals surface area (Å²) in [5, 5.41) is 4.13. The lowest BCUT2D eigenvalue weighted by Gasteiger charge is -2.19. The molecule has 2 aromatic carbocycles. The van der Waals surface area contributed by atoms with E-state index in [0.717, 1.165) is 23.7 Å². The highest BCUT2D eigenvalue weighted by atomic mass is 35.5. The molecule has 0 fully saturated rings. The molecule has 2 aromatic rings. The van der Waals surface area contributed by atoms with Crippen LogP contribution < -0.4 is 5.32 Å². The summed E-state index contributed by atoms with van der Waals surface area (Å²) < 4.78 is 0. The average molecular weight is 302 g/mol. The van der Waals surface area contributed by atoms with Crippen molar-refractivity contribution in [2.45, 2.75) is 39.7 Å². The van der Waals surface area contributed by atoms with Crippen molar-refractivity contribution in [3.05, 3.63) is 58.6 Å². The monoisotopic (exact) mass is 301 g/mol. The minimum Gasteiger partial charge on any atom is -0.313 e. The van der Waals surface area contributed by atoms with Crippen molar-refractivity contribution >= 4 is 11.6 Å². The van der Waals surface area contributed by atoms with Gasteiger partial charge in [-0.05, 0) is 40.3 Å². The second kappa shape index (κ2) is 6.64. The first-order valence-corrected chi connectivity index (χ1v) is 7.89. The van der Waals surface area contributed by atoms with E-state index in [4.69, 9.17) is 11.6 Å². The van der Waals surface area contributed by atoms with E-state index >= 15 is 0 Å². The van der Waals surface area contributed by atoms with Gasteiger partial charge in [-0.1, -0.05) is 75.7 Å². The molecule has 2 rings (SSSR count). The molecule has 0 aliphatic carbocycles. The first-order chi connectivity index (χ1) is 9.91. The van der Waals surface area contributed by atoms with Crippen LogP contribution in [0.2, 0.25) is 5.02 Å². The van der Waals surface area contributed by atoms with E-state index in [0.29, 0.717) is 0 Å². The Balaban J connectivity index is 2.24. The van der Waals surface area contributed by atoms with Gasteiger partial charge in [0.25, 0.3) is 0 Å². The number of benzene rings is 2. The minimum absolute atomic E-state index is 0.186. The molecule has 0 radical (unpaired) electrons. The summed E-state index contributed by atoms with van der Waals surface area (Å²) in [5.74, 6) is 0. The lowest BCUT2D eigenvalue weighted by atomic mass is 9.86. The van der Waals surface area contributed by atoms with Crippen molar-refractivity contribution in [2.24, 2.45) is 0 Å². The molecule has 0 spiro atoms. The summed E-state index contributed by atoms with van der Waals surface area (Å²) in [4.78, 5) is 0. The second-order valence-electron chi connectivity index (χ2n) is 6.41. The van der Waals surface area contributed by atoms with Gasteiger partial charge in [-0.3, -0.25) is 0 Å². The number of hydrogen-bond acceptors (Lipinski definition) is 1. The third-order valence-electron chi connectivity index (χ3n) is 3.70. The molecule has 1 N–H and O–H groups in total. The molecule has 0 bridgehead atoms. The number of rotatable bonds is 4. The van der Waals surface area contributed by atoms with E-state index in [1.807, 2.05) is 0 Å². The standard InChI is InChI=1S/C19H24ClN/c1-5-21-13-16-7-6-15(12-18(16)20)14-8-10-17(11-9-14)19(2,3)4/h6-12,21H,5,13H2,1-4H3. The summed E-state index contributed by atoms with van der Waals surface area (Å²) in [6.45, 7) is 10.6. The Kier molecular flexibility index (Phi) is 5.08. The summed E-state index contributed by atoms with van der Waals surface area (Å²) in [6, 6.07) is 15.1. The Labute approximate surface area is 133 Å². The third kappa shape index (κ3) is 4.09. The van der Waals surface area contributed by atoms with Crippen LogP contribution >= 0.6 is 11.6 Å². The molecule has 0 unspecified atom stereocenters. The molecule has 1 nitrogen and oxygen atoms in total. The van der Waals surface area contributed by atoms with Crippen LogP contribution in [0.3, 0.4) is 0 Å². The topological polar surface area (TPSA) is 12.0 Å². The van der Waals surface area contributed by atoms with E-state index in [2.05, 4.69) is 75.5 Å². The first-order valence-electron chi connectivity index (χ1n) is 7.52. The van der Waals surface area contributed by atoms with Crippen molar-refractivity contribution in [1.82, 2.24) is 5.32 Å². The molecule has 0 amide bonds. The number of halogens is 1. The van der Waals surface area contributed by atoms with Crippen LogP contribution in [-0.2, 0) is 12.0 Å². The Morgan fingerprint density at radius 3 is 2.10 bits per heavy atom. The van der Waals surface area contributed by atoms with Crippen LogP contribution in [0.4, 0.5) is 0 Å². The van der Waals surface area contributed by atoms with Crippen molar-refractivity contribution in [3.63, 3.8) is 0 Å². The fourth-order valence-electron chi connectivity index (χ4n) is 2.29. The van der Waals surface area contributed by atoms with Gasteiger partial charge < -0.3 is 5.32 Å². The van der Waals surface area contributed by atoms with Crippen molar-refractivity contribution in [2.75, 3.05) is 6.54 Å². The van der Waals surface area contributed by atoms with Gasteiger partial charge in [0.2, 0.25) is 0 Å². The molecular weight excluding hydrogens is 278 g/mol. The van der Waals surface area contributed by atoms with Gasteiger partial charge in [0.1, 0.15) is 0 Å². The van der Waals surface area contributed by atoms with Crippen LogP contribution in [0.15, 0.2) is 42.5 Å². The fraction of sp³-hybridized carbons (Fsp3) is 0.368. The highest BCUT2D eigenvalue weighted by Crippen LogP contribution is 2.28.